The number of hydrogen-bond acceptors (Lipinski definition) is 7. The van der Waals surface area contributed by atoms with E-state index >= 15 is 0 Å². The first-order valence-corrected chi connectivity index (χ1v) is 11.0. The number of nitrogen functional groups attached to an aromatic ring is 1. The molecule has 0 aliphatic heterocycles. The summed E-state index contributed by atoms with van der Waals surface area (Å²) < 4.78 is 7.74. The number of carbonyl (C=O) groups is 1. The number of aromatic nitrogens is 5. The van der Waals surface area contributed by atoms with E-state index in [2.05, 4.69) is 25.4 Å². The summed E-state index contributed by atoms with van der Waals surface area (Å²) in [5, 5.41) is 7.06. The van der Waals surface area contributed by atoms with Crippen LogP contribution in [-0.2, 0) is 6.54 Å². The molecule has 0 aromatic carbocycles. The minimum Gasteiger partial charge on any atom is -0.488 e. The molecular weight excluding hydrogens is 418 g/mol. The fraction of sp³-hybridized carbons (Fsp3) is 0.292. The van der Waals surface area contributed by atoms with Crippen molar-refractivity contribution < 1.29 is 9.53 Å². The predicted molar refractivity (Wildman–Crippen MR) is 124 cm³/mol. The highest BCUT2D eigenvalue weighted by Crippen LogP contribution is 2.26. The van der Waals surface area contributed by atoms with E-state index in [0.717, 1.165) is 35.4 Å². The lowest BCUT2D eigenvalue weighted by molar-refractivity contribution is 0.0949. The van der Waals surface area contributed by atoms with Crippen molar-refractivity contribution in [2.75, 3.05) is 5.73 Å². The lowest BCUT2D eigenvalue weighted by Gasteiger charge is -2.16. The molecule has 4 heterocycles. The number of fused-ring (bicyclic) bond motifs is 1. The first-order valence-electron chi connectivity index (χ1n) is 11.0. The number of nitrogens with two attached hydrogens (primary N) is 1. The second-order valence-electron chi connectivity index (χ2n) is 8.20. The zero-order valence-electron chi connectivity index (χ0n) is 18.4. The van der Waals surface area contributed by atoms with Crippen molar-refractivity contribution >= 4 is 17.5 Å². The van der Waals surface area contributed by atoms with Crippen LogP contribution >= 0.6 is 0 Å². The van der Waals surface area contributed by atoms with Gasteiger partial charge in [0.25, 0.3) is 5.91 Å². The highest BCUT2D eigenvalue weighted by Gasteiger charge is 2.19. The van der Waals surface area contributed by atoms with Crippen LogP contribution in [0.4, 0.5) is 5.95 Å². The van der Waals surface area contributed by atoms with Gasteiger partial charge in [-0.05, 0) is 68.5 Å². The summed E-state index contributed by atoms with van der Waals surface area (Å²) in [4.78, 5) is 26.1. The number of aryl methyl sites for hydroxylation is 1. The Labute approximate surface area is 191 Å². The molecule has 4 aromatic rings. The summed E-state index contributed by atoms with van der Waals surface area (Å²) in [5.74, 6) is 0.723. The maximum atomic E-state index is 13.0. The van der Waals surface area contributed by atoms with Gasteiger partial charge in [0.2, 0.25) is 5.95 Å². The van der Waals surface area contributed by atoms with Crippen molar-refractivity contribution in [3.05, 3.63) is 65.9 Å². The van der Waals surface area contributed by atoms with Gasteiger partial charge in [0.15, 0.2) is 5.65 Å². The van der Waals surface area contributed by atoms with Crippen LogP contribution in [0.1, 0.15) is 47.4 Å². The van der Waals surface area contributed by atoms with Crippen LogP contribution < -0.4 is 15.8 Å². The Morgan fingerprint density at radius 1 is 1.21 bits per heavy atom. The van der Waals surface area contributed by atoms with Crippen LogP contribution in [0.15, 0.2) is 48.9 Å². The normalized spacial score (nSPS) is 14.0. The average molecular weight is 444 g/mol. The summed E-state index contributed by atoms with van der Waals surface area (Å²) >= 11 is 0. The number of pyridine rings is 3. The molecule has 168 valence electrons. The van der Waals surface area contributed by atoms with Gasteiger partial charge in [-0.15, -0.1) is 5.10 Å². The van der Waals surface area contributed by atoms with Crippen LogP contribution in [0.2, 0.25) is 0 Å². The Morgan fingerprint density at radius 2 is 2.06 bits per heavy atom. The average Bonchev–Trinajstić information content (AvgIpc) is 3.46. The molecule has 1 aliphatic carbocycles. The van der Waals surface area contributed by atoms with Crippen LogP contribution in [0.3, 0.4) is 0 Å². The second kappa shape index (κ2) is 8.85. The maximum Gasteiger partial charge on any atom is 0.253 e. The largest absolute Gasteiger partial charge is 0.488 e. The van der Waals surface area contributed by atoms with E-state index in [9.17, 15) is 4.79 Å². The molecule has 1 amide bonds. The molecule has 1 aliphatic rings. The predicted octanol–water partition coefficient (Wildman–Crippen LogP) is 3.33. The standard InChI is InChI=1S/C24H25N7O2/c1-15-19(11-17(13-27-15)16-8-10-31-22(12-16)29-24(25)30-31)23(32)28-14-20-21(7-4-9-26-20)33-18-5-2-3-6-18/h4,7-13,18H,2-3,5-6,14H2,1H3,(H2,25,30)(H,28,32). The van der Waals surface area contributed by atoms with Crippen LogP contribution in [0, 0.1) is 6.92 Å². The molecule has 9 heteroatoms. The number of nitrogens with one attached hydrogen (secondary N) is 1. The molecule has 1 fully saturated rings. The summed E-state index contributed by atoms with van der Waals surface area (Å²) in [6.45, 7) is 2.09. The number of carbonyl (C=O) groups excluding carboxylic acids is 1. The lowest BCUT2D eigenvalue weighted by atomic mass is 10.0. The summed E-state index contributed by atoms with van der Waals surface area (Å²) in [5.41, 5.74) is 9.84. The number of ether oxygens (including phenoxy) is 1. The zero-order valence-corrected chi connectivity index (χ0v) is 18.4. The third kappa shape index (κ3) is 4.48. The maximum absolute atomic E-state index is 13.0. The quantitative estimate of drug-likeness (QED) is 0.469. The van der Waals surface area contributed by atoms with Crippen molar-refractivity contribution in [1.29, 1.82) is 0 Å². The van der Waals surface area contributed by atoms with Gasteiger partial charge in [0.05, 0.1) is 23.9 Å². The van der Waals surface area contributed by atoms with E-state index in [1.807, 2.05) is 37.3 Å². The summed E-state index contributed by atoms with van der Waals surface area (Å²) in [7, 11) is 0. The molecule has 33 heavy (non-hydrogen) atoms. The highest BCUT2D eigenvalue weighted by atomic mass is 16.5. The topological polar surface area (TPSA) is 120 Å². The molecule has 0 bridgehead atoms. The van der Waals surface area contributed by atoms with Crippen LogP contribution in [0.5, 0.6) is 5.75 Å². The minimum atomic E-state index is -0.216. The van der Waals surface area contributed by atoms with Gasteiger partial charge in [-0.3, -0.25) is 14.8 Å². The molecule has 3 N–H and O–H groups in total. The summed E-state index contributed by atoms with van der Waals surface area (Å²) in [6, 6.07) is 9.34. The van der Waals surface area contributed by atoms with E-state index in [0.29, 0.717) is 16.9 Å². The summed E-state index contributed by atoms with van der Waals surface area (Å²) in [6.07, 6.45) is 9.96. The Hall–Kier alpha value is -4.01. The molecule has 0 radical (unpaired) electrons. The SMILES string of the molecule is Cc1ncc(-c2ccn3nc(N)nc3c2)cc1C(=O)NCc1ncccc1OC1CCCC1. The molecule has 4 aromatic heterocycles. The number of amides is 1. The van der Waals surface area contributed by atoms with Gasteiger partial charge >= 0.3 is 0 Å². The fourth-order valence-corrected chi connectivity index (χ4v) is 4.11. The van der Waals surface area contributed by atoms with Crippen molar-refractivity contribution in [2.24, 2.45) is 0 Å². The Balaban J connectivity index is 1.34. The van der Waals surface area contributed by atoms with E-state index in [1.54, 1.807) is 23.1 Å². The van der Waals surface area contributed by atoms with Crippen molar-refractivity contribution in [1.82, 2.24) is 29.9 Å². The van der Waals surface area contributed by atoms with Gasteiger partial charge in [-0.2, -0.15) is 4.98 Å². The zero-order chi connectivity index (χ0) is 22.8. The molecule has 0 spiro atoms. The molecule has 1 saturated carbocycles. The van der Waals surface area contributed by atoms with E-state index in [4.69, 9.17) is 10.5 Å². The number of nitrogens with zero attached hydrogens (tertiary/aromatic N) is 5. The lowest BCUT2D eigenvalue weighted by Crippen LogP contribution is -2.25. The first-order chi connectivity index (χ1) is 16.1. The fourth-order valence-electron chi connectivity index (χ4n) is 4.11. The Morgan fingerprint density at radius 3 is 2.91 bits per heavy atom. The third-order valence-electron chi connectivity index (χ3n) is 5.88. The Kier molecular flexibility index (Phi) is 5.60. The van der Waals surface area contributed by atoms with Crippen LogP contribution in [-0.4, -0.2) is 36.6 Å². The van der Waals surface area contributed by atoms with Gasteiger partial charge in [-0.1, -0.05) is 0 Å². The van der Waals surface area contributed by atoms with Gasteiger partial charge < -0.3 is 15.8 Å². The molecular formula is C24H25N7O2. The number of hydrogen-bond donors (Lipinski definition) is 2. The van der Waals surface area contributed by atoms with Crippen molar-refractivity contribution in [2.45, 2.75) is 45.3 Å². The Bertz CT molecular complexity index is 1310. The second-order valence-corrected chi connectivity index (χ2v) is 8.20. The van der Waals surface area contributed by atoms with Crippen molar-refractivity contribution in [3.8, 4) is 16.9 Å². The molecule has 0 atom stereocenters. The third-order valence-corrected chi connectivity index (χ3v) is 5.88. The van der Waals surface area contributed by atoms with Crippen molar-refractivity contribution in [3.63, 3.8) is 0 Å². The van der Waals surface area contributed by atoms with Gasteiger partial charge in [-0.25, -0.2) is 4.52 Å². The van der Waals surface area contributed by atoms with Crippen LogP contribution in [0.25, 0.3) is 16.8 Å². The molecule has 0 unspecified atom stereocenters. The van der Waals surface area contributed by atoms with E-state index < -0.39 is 0 Å². The highest BCUT2D eigenvalue weighted by molar-refractivity contribution is 5.96. The van der Waals surface area contributed by atoms with E-state index in [1.165, 1.54) is 12.8 Å². The van der Waals surface area contributed by atoms with Gasteiger partial charge in [0, 0.05) is 24.2 Å². The smallest absolute Gasteiger partial charge is 0.253 e. The van der Waals surface area contributed by atoms with E-state index in [-0.39, 0.29) is 24.5 Å². The first kappa shape index (κ1) is 20.9. The number of rotatable bonds is 6. The molecule has 0 saturated heterocycles. The molecule has 5 rings (SSSR count). The molecule has 9 nitrogen and oxygen atoms in total. The monoisotopic (exact) mass is 443 g/mol. The van der Waals surface area contributed by atoms with Gasteiger partial charge in [0.1, 0.15) is 11.4 Å². The number of anilines is 1. The minimum absolute atomic E-state index is 0.208.